The lowest BCUT2D eigenvalue weighted by Crippen LogP contribution is -2.26. The maximum Gasteiger partial charge on any atom is 0.0687 e. The van der Waals surface area contributed by atoms with Crippen molar-refractivity contribution in [3.05, 3.63) is 0 Å². The summed E-state index contributed by atoms with van der Waals surface area (Å²) in [5.41, 5.74) is 10.5. The van der Waals surface area contributed by atoms with E-state index >= 15 is 0 Å². The van der Waals surface area contributed by atoms with Crippen LogP contribution in [0, 0.1) is 0 Å². The average Bonchev–Trinajstić information content (AvgIpc) is 2.28. The van der Waals surface area contributed by atoms with E-state index in [2.05, 4.69) is 0 Å². The Morgan fingerprint density at radius 3 is 1.29 bits per heavy atom. The van der Waals surface area contributed by atoms with Crippen LogP contribution in [0.5, 0.6) is 0 Å². The Hall–Kier alpha value is -0.240. The van der Waals surface area contributed by atoms with Crippen LogP contribution < -0.4 is 11.5 Å². The number of hydrogen-bond donors (Lipinski definition) is 6. The van der Waals surface area contributed by atoms with Crippen molar-refractivity contribution in [2.24, 2.45) is 11.5 Å². The van der Waals surface area contributed by atoms with Crippen molar-refractivity contribution in [3.63, 3.8) is 0 Å². The molecule has 0 aromatic rings. The molecule has 0 bridgehead atoms. The van der Waals surface area contributed by atoms with Crippen LogP contribution in [-0.4, -0.2) is 57.9 Å². The minimum absolute atomic E-state index is 0.141. The average molecular weight is 250 g/mol. The second kappa shape index (κ2) is 9.76. The minimum atomic E-state index is -0.672. The van der Waals surface area contributed by atoms with Crippen LogP contribution >= 0.6 is 0 Å². The minimum Gasteiger partial charge on any atom is -0.393 e. The van der Waals surface area contributed by atoms with E-state index in [1.165, 1.54) is 0 Å². The summed E-state index contributed by atoms with van der Waals surface area (Å²) in [4.78, 5) is 0. The molecule has 6 nitrogen and oxygen atoms in total. The highest BCUT2D eigenvalue weighted by molar-refractivity contribution is 4.67. The van der Waals surface area contributed by atoms with Gasteiger partial charge in [0.05, 0.1) is 24.4 Å². The monoisotopic (exact) mass is 250 g/mol. The zero-order valence-corrected chi connectivity index (χ0v) is 10.2. The van der Waals surface area contributed by atoms with Gasteiger partial charge in [0.25, 0.3) is 0 Å². The third-order valence-corrected chi connectivity index (χ3v) is 2.71. The molecule has 0 aliphatic carbocycles. The molecule has 104 valence electrons. The molecule has 0 aliphatic rings. The Labute approximate surface area is 102 Å². The summed E-state index contributed by atoms with van der Waals surface area (Å²) in [5, 5.41) is 37.5. The smallest absolute Gasteiger partial charge is 0.0687 e. The van der Waals surface area contributed by atoms with Gasteiger partial charge < -0.3 is 31.9 Å². The second-order valence-corrected chi connectivity index (χ2v) is 4.49. The number of aliphatic hydroxyl groups is 4. The largest absolute Gasteiger partial charge is 0.393 e. The first kappa shape index (κ1) is 16.8. The van der Waals surface area contributed by atoms with Crippen LogP contribution in [0.1, 0.15) is 32.1 Å². The van der Waals surface area contributed by atoms with Crippen LogP contribution in [0.15, 0.2) is 0 Å². The highest BCUT2D eigenvalue weighted by atomic mass is 16.3. The van der Waals surface area contributed by atoms with Gasteiger partial charge in [-0.15, -0.1) is 0 Å². The number of nitrogens with two attached hydrogens (primary N) is 2. The van der Waals surface area contributed by atoms with Gasteiger partial charge in [-0.05, 0) is 19.3 Å². The van der Waals surface area contributed by atoms with Crippen LogP contribution in [0.25, 0.3) is 0 Å². The van der Waals surface area contributed by atoms with Gasteiger partial charge in [-0.2, -0.15) is 0 Å². The Morgan fingerprint density at radius 1 is 0.647 bits per heavy atom. The Bertz CT molecular complexity index is 165. The summed E-state index contributed by atoms with van der Waals surface area (Å²) < 4.78 is 0. The lowest BCUT2D eigenvalue weighted by atomic mass is 10.0. The van der Waals surface area contributed by atoms with Crippen molar-refractivity contribution in [1.29, 1.82) is 0 Å². The zero-order chi connectivity index (χ0) is 13.3. The van der Waals surface area contributed by atoms with E-state index in [1.807, 2.05) is 0 Å². The highest BCUT2D eigenvalue weighted by Gasteiger charge is 2.13. The fourth-order valence-electron chi connectivity index (χ4n) is 1.65. The van der Waals surface area contributed by atoms with Crippen molar-refractivity contribution in [3.8, 4) is 0 Å². The van der Waals surface area contributed by atoms with Crippen LogP contribution in [0.2, 0.25) is 0 Å². The first-order valence-electron chi connectivity index (χ1n) is 6.12. The lowest BCUT2D eigenvalue weighted by Gasteiger charge is -2.16. The van der Waals surface area contributed by atoms with Gasteiger partial charge >= 0.3 is 0 Å². The molecule has 0 saturated carbocycles. The van der Waals surface area contributed by atoms with Crippen molar-refractivity contribution in [2.45, 2.75) is 56.5 Å². The second-order valence-electron chi connectivity index (χ2n) is 4.49. The molecule has 4 atom stereocenters. The summed E-state index contributed by atoms with van der Waals surface area (Å²) >= 11 is 0. The molecule has 0 spiro atoms. The standard InChI is InChI=1S/C11H26N2O4/c12-6-10(16)4-8(14)2-1-3-9(15)5-11(17)7-13/h8-11,14-17H,1-7,12-13H2/t8-,9-,10-,11-/m0/s1. The predicted octanol–water partition coefficient (Wildman–Crippen LogP) is -1.70. The predicted molar refractivity (Wildman–Crippen MR) is 65.2 cm³/mol. The third-order valence-electron chi connectivity index (χ3n) is 2.71. The lowest BCUT2D eigenvalue weighted by molar-refractivity contribution is 0.0629. The molecule has 0 unspecified atom stereocenters. The Kier molecular flexibility index (Phi) is 9.62. The molecule has 0 rings (SSSR count). The van der Waals surface area contributed by atoms with E-state index in [1.54, 1.807) is 0 Å². The molecule has 0 radical (unpaired) electrons. The van der Waals surface area contributed by atoms with Gasteiger partial charge in [0.1, 0.15) is 0 Å². The molecule has 0 heterocycles. The van der Waals surface area contributed by atoms with Crippen molar-refractivity contribution in [1.82, 2.24) is 0 Å². The van der Waals surface area contributed by atoms with E-state index in [0.717, 1.165) is 0 Å². The SMILES string of the molecule is NC[C@@H](O)C[C@@H](O)CCC[C@H](O)C[C@H](O)CN. The third kappa shape index (κ3) is 9.46. The molecule has 8 N–H and O–H groups in total. The number of hydrogen-bond acceptors (Lipinski definition) is 6. The van der Waals surface area contributed by atoms with E-state index in [0.29, 0.717) is 19.3 Å². The first-order valence-corrected chi connectivity index (χ1v) is 6.12. The van der Waals surface area contributed by atoms with Gasteiger partial charge in [-0.3, -0.25) is 0 Å². The fourth-order valence-corrected chi connectivity index (χ4v) is 1.65. The van der Waals surface area contributed by atoms with Gasteiger partial charge in [0, 0.05) is 25.9 Å². The summed E-state index contributed by atoms with van der Waals surface area (Å²) in [5.74, 6) is 0. The normalized spacial score (nSPS) is 18.7. The van der Waals surface area contributed by atoms with Gasteiger partial charge in [0.15, 0.2) is 0 Å². The molecule has 0 aromatic carbocycles. The zero-order valence-electron chi connectivity index (χ0n) is 10.2. The van der Waals surface area contributed by atoms with Gasteiger partial charge in [-0.1, -0.05) is 0 Å². The molecule has 0 saturated heterocycles. The molecule has 6 heteroatoms. The highest BCUT2D eigenvalue weighted by Crippen LogP contribution is 2.11. The maximum absolute atomic E-state index is 9.53. The van der Waals surface area contributed by atoms with Crippen LogP contribution in [-0.2, 0) is 0 Å². The van der Waals surface area contributed by atoms with Crippen LogP contribution in [0.4, 0.5) is 0 Å². The number of rotatable bonds is 10. The molecule has 0 aromatic heterocycles. The Morgan fingerprint density at radius 2 is 1.00 bits per heavy atom. The van der Waals surface area contributed by atoms with Gasteiger partial charge in [0.2, 0.25) is 0 Å². The summed E-state index contributed by atoms with van der Waals surface area (Å²) in [6.07, 6.45) is -0.365. The van der Waals surface area contributed by atoms with Gasteiger partial charge in [-0.25, -0.2) is 0 Å². The number of aliphatic hydroxyl groups excluding tert-OH is 4. The summed E-state index contributed by atoms with van der Waals surface area (Å²) in [6, 6.07) is 0. The molecular formula is C11H26N2O4. The fraction of sp³-hybridized carbons (Fsp3) is 1.00. The molecule has 0 fully saturated rings. The van der Waals surface area contributed by atoms with Crippen LogP contribution in [0.3, 0.4) is 0 Å². The van der Waals surface area contributed by atoms with E-state index in [4.69, 9.17) is 11.5 Å². The summed E-state index contributed by atoms with van der Waals surface area (Å²) in [7, 11) is 0. The van der Waals surface area contributed by atoms with E-state index < -0.39 is 24.4 Å². The molecule has 17 heavy (non-hydrogen) atoms. The first-order chi connectivity index (χ1) is 7.99. The Balaban J connectivity index is 3.55. The van der Waals surface area contributed by atoms with E-state index in [9.17, 15) is 20.4 Å². The molecular weight excluding hydrogens is 224 g/mol. The van der Waals surface area contributed by atoms with Crippen molar-refractivity contribution in [2.75, 3.05) is 13.1 Å². The summed E-state index contributed by atoms with van der Waals surface area (Å²) in [6.45, 7) is 0.282. The maximum atomic E-state index is 9.53. The molecule has 0 amide bonds. The van der Waals surface area contributed by atoms with Crippen molar-refractivity contribution < 1.29 is 20.4 Å². The van der Waals surface area contributed by atoms with Crippen molar-refractivity contribution >= 4 is 0 Å². The van der Waals surface area contributed by atoms with E-state index in [-0.39, 0.29) is 25.9 Å². The molecule has 0 aliphatic heterocycles. The topological polar surface area (TPSA) is 133 Å². The quantitative estimate of drug-likeness (QED) is 0.274.